The SMILES string of the molecule is C.CN(CC(=O)[O-])/[N+]([O-])=N/[O-].CNCC(=O)O.[HH].[Na+].[Na+]. The van der Waals surface area contributed by atoms with E-state index < -0.39 is 18.5 Å². The monoisotopic (exact) mass is 300 g/mol. The molecular weight excluding hydrogens is 282 g/mol. The third-order valence-electron chi connectivity index (χ3n) is 1.05. The number of aliphatic carboxylic acids is 2. The Morgan fingerprint density at radius 2 is 1.89 bits per heavy atom. The molecule has 0 aliphatic carbocycles. The molecule has 0 heterocycles. The summed E-state index contributed by atoms with van der Waals surface area (Å²) in [5, 5.41) is 42.1. The Kier molecular flexibility index (Phi) is 33.4. The average molecular weight is 300 g/mol. The van der Waals surface area contributed by atoms with Crippen molar-refractivity contribution in [2.75, 3.05) is 27.2 Å². The Morgan fingerprint density at radius 3 is 2.05 bits per heavy atom. The number of hydrogen-bond donors (Lipinski definition) is 2. The summed E-state index contributed by atoms with van der Waals surface area (Å²) in [6.45, 7) is -0.616. The van der Waals surface area contributed by atoms with Crippen LogP contribution in [0.5, 0.6) is 0 Å². The van der Waals surface area contributed by atoms with Gasteiger partial charge in [0.15, 0.2) is 0 Å². The van der Waals surface area contributed by atoms with Crippen LogP contribution in [0.1, 0.15) is 8.85 Å². The Bertz CT molecular complexity index is 272. The number of rotatable bonds is 5. The van der Waals surface area contributed by atoms with Crippen molar-refractivity contribution >= 4 is 11.9 Å². The summed E-state index contributed by atoms with van der Waals surface area (Å²) in [6.07, 6.45) is 0. The second-order valence-electron chi connectivity index (χ2n) is 2.45. The topological polar surface area (TPSA) is 154 Å². The number of carbonyl (C=O) groups excluding carboxylic acids is 1. The van der Waals surface area contributed by atoms with Gasteiger partial charge in [0.05, 0.1) is 19.6 Å². The van der Waals surface area contributed by atoms with Crippen molar-refractivity contribution in [3.8, 4) is 0 Å². The van der Waals surface area contributed by atoms with Crippen molar-refractivity contribution in [1.29, 1.82) is 0 Å². The Labute approximate surface area is 157 Å². The van der Waals surface area contributed by atoms with E-state index in [4.69, 9.17) is 5.11 Å². The third kappa shape index (κ3) is 27.2. The first kappa shape index (κ1) is 31.3. The summed E-state index contributed by atoms with van der Waals surface area (Å²) >= 11 is 0. The number of hydrazine groups is 1. The summed E-state index contributed by atoms with van der Waals surface area (Å²) in [5.74, 6) is -2.27. The van der Waals surface area contributed by atoms with E-state index in [9.17, 15) is 25.1 Å². The quantitative estimate of drug-likeness (QED) is 0.219. The van der Waals surface area contributed by atoms with Gasteiger partial charge in [-0.2, -0.15) is 0 Å². The fraction of sp³-hybridized carbons (Fsp3) is 0.714. The van der Waals surface area contributed by atoms with Gasteiger partial charge in [0, 0.05) is 6.40 Å². The van der Waals surface area contributed by atoms with Gasteiger partial charge in [0.1, 0.15) is 6.54 Å². The zero-order chi connectivity index (χ0) is 13.1. The number of likely N-dealkylation sites (N-methyl/N-ethyl adjacent to an activating group) is 2. The molecule has 0 rings (SSSR count). The van der Waals surface area contributed by atoms with Gasteiger partial charge in [-0.3, -0.25) is 4.79 Å². The maximum atomic E-state index is 10.1. The van der Waals surface area contributed by atoms with Gasteiger partial charge in [-0.25, -0.2) is 0 Å². The van der Waals surface area contributed by atoms with E-state index in [2.05, 4.69) is 5.32 Å². The van der Waals surface area contributed by atoms with E-state index in [1.165, 1.54) is 0 Å². The molecule has 0 aliphatic heterocycles. The van der Waals surface area contributed by atoms with Gasteiger partial charge in [-0.15, -0.1) is 5.01 Å². The molecule has 0 saturated carbocycles. The van der Waals surface area contributed by atoms with Crippen LogP contribution in [-0.2, 0) is 9.59 Å². The number of nitrogens with one attached hydrogen (secondary N) is 1. The summed E-state index contributed by atoms with van der Waals surface area (Å²) < 4.78 is 0. The Hall–Kier alpha value is -0.1000. The van der Waals surface area contributed by atoms with Crippen molar-refractivity contribution < 1.29 is 85.3 Å². The zero-order valence-corrected chi connectivity index (χ0v) is 14.7. The molecule has 0 bridgehead atoms. The van der Waals surface area contributed by atoms with Crippen molar-refractivity contribution in [2.24, 2.45) is 5.28 Å². The van der Waals surface area contributed by atoms with Gasteiger partial charge in [0.2, 0.25) is 0 Å². The van der Waals surface area contributed by atoms with Crippen molar-refractivity contribution in [3.63, 3.8) is 0 Å². The van der Waals surface area contributed by atoms with Crippen LogP contribution in [0.15, 0.2) is 5.28 Å². The second-order valence-corrected chi connectivity index (χ2v) is 2.45. The molecule has 0 saturated heterocycles. The normalized spacial score (nSPS) is 8.42. The number of carbonyl (C=O) groups is 2. The first-order chi connectivity index (χ1) is 7.34. The van der Waals surface area contributed by atoms with E-state index in [1.54, 1.807) is 7.05 Å². The molecule has 19 heavy (non-hydrogen) atoms. The standard InChI is InChI=1S/C3H7N3O4.C3H7NO2.CH4.2Na.H2/c1-5(2-3(7)8)6(10)4-9;1-4-2-3(5)6;;;;/h9H,2H2,1H3,(H,7,8);4H,2H2,1H3,(H,5,6);1H4;;;1H/q;;;2*+1;/p-2/b6-4-;;;;;. The molecule has 0 aromatic carbocycles. The van der Waals surface area contributed by atoms with Crippen LogP contribution in [0.3, 0.4) is 0 Å². The molecule has 104 valence electrons. The molecule has 0 aliphatic rings. The fourth-order valence-corrected chi connectivity index (χ4v) is 0.461. The van der Waals surface area contributed by atoms with E-state index in [1.807, 2.05) is 5.28 Å². The minimum atomic E-state index is -1.45. The molecular formula is C7H18N4Na2O6. The average Bonchev–Trinajstić information content (AvgIpc) is 2.16. The molecule has 12 heteroatoms. The maximum absolute atomic E-state index is 10.1. The van der Waals surface area contributed by atoms with Crippen molar-refractivity contribution in [2.45, 2.75) is 7.43 Å². The molecule has 0 aromatic rings. The number of carboxylic acids is 2. The van der Waals surface area contributed by atoms with Gasteiger partial charge in [-0.1, -0.05) is 7.43 Å². The first-order valence-electron chi connectivity index (χ1n) is 3.93. The van der Waals surface area contributed by atoms with Crippen LogP contribution >= 0.6 is 0 Å². The molecule has 0 aromatic heterocycles. The largest absolute Gasteiger partial charge is 1.00 e. The molecule has 10 nitrogen and oxygen atoms in total. The summed E-state index contributed by atoms with van der Waals surface area (Å²) in [4.78, 5) is 18.9. The van der Waals surface area contributed by atoms with Crippen LogP contribution in [0, 0.1) is 10.4 Å². The minimum absolute atomic E-state index is 0. The molecule has 0 atom stereocenters. The second kappa shape index (κ2) is 20.2. The van der Waals surface area contributed by atoms with Crippen LogP contribution < -0.4 is 69.5 Å². The fourth-order valence-electron chi connectivity index (χ4n) is 0.461. The van der Waals surface area contributed by atoms with E-state index in [0.717, 1.165) is 7.05 Å². The minimum Gasteiger partial charge on any atom is -0.737 e. The van der Waals surface area contributed by atoms with Gasteiger partial charge in [-0.05, 0) is 12.3 Å². The zero-order valence-electron chi connectivity index (χ0n) is 10.7. The molecule has 0 fully saturated rings. The van der Waals surface area contributed by atoms with E-state index in [0.29, 0.717) is 5.01 Å². The third-order valence-corrected chi connectivity index (χ3v) is 1.05. The molecule has 0 unspecified atom stereocenters. The number of nitrogens with zero attached hydrogens (tertiary/aromatic N) is 3. The van der Waals surface area contributed by atoms with Crippen LogP contribution in [0.4, 0.5) is 0 Å². The van der Waals surface area contributed by atoms with Crippen LogP contribution in [0.2, 0.25) is 0 Å². The van der Waals surface area contributed by atoms with Gasteiger partial charge in [0.25, 0.3) is 0 Å². The van der Waals surface area contributed by atoms with Crippen molar-refractivity contribution in [3.05, 3.63) is 10.4 Å². The van der Waals surface area contributed by atoms with E-state index >= 15 is 0 Å². The first-order valence-corrected chi connectivity index (χ1v) is 3.93. The number of carboxylic acid groups (broad SMARTS) is 2. The van der Waals surface area contributed by atoms with E-state index in [-0.39, 0.29) is 79.5 Å². The molecule has 2 N–H and O–H groups in total. The van der Waals surface area contributed by atoms with Crippen molar-refractivity contribution in [1.82, 2.24) is 10.3 Å². The summed E-state index contributed by atoms with van der Waals surface area (Å²) in [7, 11) is 2.69. The predicted molar refractivity (Wildman–Crippen MR) is 57.5 cm³/mol. The summed E-state index contributed by atoms with van der Waals surface area (Å²) in [5.41, 5.74) is 0. The Balaban J connectivity index is -0.0000000440. The molecule has 0 radical (unpaired) electrons. The predicted octanol–water partition coefficient (Wildman–Crippen LogP) is -7.78. The molecule has 0 amide bonds. The Morgan fingerprint density at radius 1 is 1.47 bits per heavy atom. The van der Waals surface area contributed by atoms with Crippen LogP contribution in [-0.4, -0.2) is 54.2 Å². The maximum Gasteiger partial charge on any atom is 1.00 e. The molecule has 0 spiro atoms. The van der Waals surface area contributed by atoms with Crippen LogP contribution in [0.25, 0.3) is 0 Å². The van der Waals surface area contributed by atoms with Gasteiger partial charge >= 0.3 is 65.1 Å². The number of hydrogen-bond acceptors (Lipinski definition) is 7. The summed E-state index contributed by atoms with van der Waals surface area (Å²) in [6, 6.07) is 0. The van der Waals surface area contributed by atoms with Gasteiger partial charge < -0.3 is 30.7 Å². The smallest absolute Gasteiger partial charge is 0.737 e.